The van der Waals surface area contributed by atoms with E-state index in [0.717, 1.165) is 22.7 Å². The molecule has 0 unspecified atom stereocenters. The van der Waals surface area contributed by atoms with E-state index in [1.165, 1.54) is 6.07 Å². The number of methoxy groups -OCH3 is 1. The molecule has 0 aliphatic rings. The fraction of sp³-hybridized carbons (Fsp3) is 0.118. The number of benzene rings is 2. The lowest BCUT2D eigenvalue weighted by Crippen LogP contribution is -2.01. The van der Waals surface area contributed by atoms with Gasteiger partial charge in [0.15, 0.2) is 0 Å². The van der Waals surface area contributed by atoms with E-state index in [4.69, 9.17) is 4.74 Å². The summed E-state index contributed by atoms with van der Waals surface area (Å²) in [6, 6.07) is 12.8. The van der Waals surface area contributed by atoms with Crippen LogP contribution in [0.15, 0.2) is 59.3 Å². The molecule has 1 aromatic heterocycles. The monoisotopic (exact) mass is 360 g/mol. The van der Waals surface area contributed by atoms with Gasteiger partial charge in [-0.15, -0.1) is 0 Å². The Morgan fingerprint density at radius 1 is 1.23 bits per heavy atom. The molecule has 0 saturated heterocycles. The molecule has 2 aromatic carbocycles. The minimum atomic E-state index is -0.262. The lowest BCUT2D eigenvalue weighted by atomic mass is 10.2. The van der Waals surface area contributed by atoms with Gasteiger partial charge in [0.2, 0.25) is 0 Å². The first-order valence-corrected chi connectivity index (χ1v) is 7.56. The van der Waals surface area contributed by atoms with E-state index < -0.39 is 0 Å². The van der Waals surface area contributed by atoms with Crippen LogP contribution in [0.4, 0.5) is 4.39 Å². The Bertz CT molecular complexity index is 801. The molecule has 1 heterocycles. The molecule has 0 bridgehead atoms. The van der Waals surface area contributed by atoms with Gasteiger partial charge in [-0.2, -0.15) is 0 Å². The highest BCUT2D eigenvalue weighted by Gasteiger charge is 2.08. The summed E-state index contributed by atoms with van der Waals surface area (Å²) >= 11 is 3.22. The van der Waals surface area contributed by atoms with Crippen LogP contribution >= 0.6 is 15.9 Å². The van der Waals surface area contributed by atoms with Crippen molar-refractivity contribution >= 4 is 15.9 Å². The molecule has 0 amide bonds. The maximum atomic E-state index is 13.3. The average molecular weight is 361 g/mol. The predicted molar refractivity (Wildman–Crippen MR) is 87.4 cm³/mol. The third-order valence-electron chi connectivity index (χ3n) is 3.38. The minimum absolute atomic E-state index is 0.262. The topological polar surface area (TPSA) is 27.1 Å². The molecule has 0 radical (unpaired) electrons. The van der Waals surface area contributed by atoms with Crippen LogP contribution in [0.3, 0.4) is 0 Å². The van der Waals surface area contributed by atoms with Crippen molar-refractivity contribution in [2.24, 2.45) is 0 Å². The van der Waals surface area contributed by atoms with Crippen LogP contribution in [-0.4, -0.2) is 16.7 Å². The van der Waals surface area contributed by atoms with Gasteiger partial charge >= 0.3 is 0 Å². The molecular formula is C17H14BrFN2O. The molecule has 0 saturated carbocycles. The fourth-order valence-corrected chi connectivity index (χ4v) is 2.72. The van der Waals surface area contributed by atoms with Crippen LogP contribution in [0.5, 0.6) is 5.75 Å². The molecule has 0 spiro atoms. The smallest absolute Gasteiger partial charge is 0.140 e. The molecule has 3 nitrogen and oxygen atoms in total. The van der Waals surface area contributed by atoms with Gasteiger partial charge in [0, 0.05) is 24.5 Å². The van der Waals surface area contributed by atoms with Crippen molar-refractivity contribution in [3.63, 3.8) is 0 Å². The van der Waals surface area contributed by atoms with Gasteiger partial charge < -0.3 is 9.30 Å². The number of rotatable bonds is 4. The van der Waals surface area contributed by atoms with E-state index in [2.05, 4.69) is 20.9 Å². The summed E-state index contributed by atoms with van der Waals surface area (Å²) in [4.78, 5) is 4.42. The number of hydrogen-bond acceptors (Lipinski definition) is 2. The maximum Gasteiger partial charge on any atom is 0.140 e. The lowest BCUT2D eigenvalue weighted by molar-refractivity contribution is 0.415. The Morgan fingerprint density at radius 2 is 2.09 bits per heavy atom. The van der Waals surface area contributed by atoms with Gasteiger partial charge in [-0.05, 0) is 45.8 Å². The largest absolute Gasteiger partial charge is 0.497 e. The summed E-state index contributed by atoms with van der Waals surface area (Å²) in [5.74, 6) is 1.37. The third-order valence-corrected chi connectivity index (χ3v) is 3.99. The van der Waals surface area contributed by atoms with E-state index in [-0.39, 0.29) is 5.82 Å². The summed E-state index contributed by atoms with van der Waals surface area (Å²) in [5, 5.41) is 0. The highest BCUT2D eigenvalue weighted by Crippen LogP contribution is 2.24. The van der Waals surface area contributed by atoms with Crippen molar-refractivity contribution < 1.29 is 9.13 Å². The first-order chi connectivity index (χ1) is 10.7. The lowest BCUT2D eigenvalue weighted by Gasteiger charge is -2.10. The molecule has 3 aromatic rings. The molecule has 22 heavy (non-hydrogen) atoms. The number of hydrogen-bond donors (Lipinski definition) is 0. The second kappa shape index (κ2) is 6.32. The van der Waals surface area contributed by atoms with Gasteiger partial charge in [-0.1, -0.05) is 18.2 Å². The fourth-order valence-electron chi connectivity index (χ4n) is 2.29. The van der Waals surface area contributed by atoms with Gasteiger partial charge in [0.25, 0.3) is 0 Å². The average Bonchev–Trinajstić information content (AvgIpc) is 2.99. The zero-order valence-corrected chi connectivity index (χ0v) is 13.5. The molecule has 112 valence electrons. The Hall–Kier alpha value is -2.14. The number of ether oxygens (including phenoxy) is 1. The summed E-state index contributed by atoms with van der Waals surface area (Å²) in [6.07, 6.45) is 3.67. The van der Waals surface area contributed by atoms with Crippen molar-refractivity contribution in [2.45, 2.75) is 6.54 Å². The van der Waals surface area contributed by atoms with Gasteiger partial charge in [0.1, 0.15) is 17.4 Å². The second-order valence-corrected chi connectivity index (χ2v) is 5.71. The van der Waals surface area contributed by atoms with Crippen LogP contribution in [0.2, 0.25) is 0 Å². The first kappa shape index (κ1) is 14.8. The van der Waals surface area contributed by atoms with E-state index in [1.54, 1.807) is 25.4 Å². The highest BCUT2D eigenvalue weighted by molar-refractivity contribution is 9.10. The van der Waals surface area contributed by atoms with Crippen LogP contribution < -0.4 is 4.74 Å². The van der Waals surface area contributed by atoms with Gasteiger partial charge in [-0.25, -0.2) is 9.37 Å². The zero-order valence-electron chi connectivity index (χ0n) is 12.0. The van der Waals surface area contributed by atoms with Crippen molar-refractivity contribution in [3.8, 4) is 17.1 Å². The predicted octanol–water partition coefficient (Wildman–Crippen LogP) is 4.51. The molecule has 0 fully saturated rings. The Kier molecular flexibility index (Phi) is 4.24. The highest BCUT2D eigenvalue weighted by atomic mass is 79.9. The molecular weight excluding hydrogens is 347 g/mol. The summed E-state index contributed by atoms with van der Waals surface area (Å²) in [6.45, 7) is 0.616. The van der Waals surface area contributed by atoms with Crippen molar-refractivity contribution in [3.05, 3.63) is 70.7 Å². The summed E-state index contributed by atoms with van der Waals surface area (Å²) < 4.78 is 21.1. The quantitative estimate of drug-likeness (QED) is 0.684. The normalized spacial score (nSPS) is 10.7. The van der Waals surface area contributed by atoms with Crippen LogP contribution in [0.1, 0.15) is 5.56 Å². The molecule has 0 N–H and O–H groups in total. The summed E-state index contributed by atoms with van der Waals surface area (Å²) in [7, 11) is 1.64. The van der Waals surface area contributed by atoms with Crippen molar-refractivity contribution in [1.82, 2.24) is 9.55 Å². The van der Waals surface area contributed by atoms with Crippen molar-refractivity contribution in [1.29, 1.82) is 0 Å². The molecule has 3 rings (SSSR count). The third kappa shape index (κ3) is 3.04. The number of aromatic nitrogens is 2. The van der Waals surface area contributed by atoms with E-state index in [1.807, 2.05) is 35.0 Å². The number of imidazole rings is 1. The SMILES string of the molecule is COc1cccc(-c2nccn2Cc2ccc(F)c(Br)c2)c1. The van der Waals surface area contributed by atoms with Gasteiger partial charge in [0.05, 0.1) is 11.6 Å². The van der Waals surface area contributed by atoms with E-state index in [0.29, 0.717) is 11.0 Å². The number of halogens is 2. The Labute approximate surface area is 136 Å². The van der Waals surface area contributed by atoms with E-state index in [9.17, 15) is 4.39 Å². The molecule has 0 atom stereocenters. The summed E-state index contributed by atoms with van der Waals surface area (Å²) in [5.41, 5.74) is 1.97. The first-order valence-electron chi connectivity index (χ1n) is 6.77. The van der Waals surface area contributed by atoms with Crippen LogP contribution in [0, 0.1) is 5.82 Å². The van der Waals surface area contributed by atoms with Gasteiger partial charge in [-0.3, -0.25) is 0 Å². The van der Waals surface area contributed by atoms with Crippen LogP contribution in [-0.2, 0) is 6.54 Å². The molecule has 5 heteroatoms. The Balaban J connectivity index is 1.93. The second-order valence-electron chi connectivity index (χ2n) is 4.86. The Morgan fingerprint density at radius 3 is 2.86 bits per heavy atom. The molecule has 0 aliphatic heterocycles. The number of nitrogens with zero attached hydrogens (tertiary/aromatic N) is 2. The maximum absolute atomic E-state index is 13.3. The van der Waals surface area contributed by atoms with Crippen molar-refractivity contribution in [2.75, 3.05) is 7.11 Å². The van der Waals surface area contributed by atoms with Crippen LogP contribution in [0.25, 0.3) is 11.4 Å². The molecule has 0 aliphatic carbocycles. The minimum Gasteiger partial charge on any atom is -0.497 e. The standard InChI is InChI=1S/C17H14BrFN2O/c1-22-14-4-2-3-13(10-14)17-20-7-8-21(17)11-12-5-6-16(19)15(18)9-12/h2-10H,11H2,1H3. The zero-order chi connectivity index (χ0) is 15.5. The van der Waals surface area contributed by atoms with E-state index >= 15 is 0 Å².